The Morgan fingerprint density at radius 3 is 2.32 bits per heavy atom. The second kappa shape index (κ2) is 12.7. The number of anilines is 4. The highest BCUT2D eigenvalue weighted by Crippen LogP contribution is 2.36. The molecule has 0 radical (unpaired) electrons. The van der Waals surface area contributed by atoms with Gasteiger partial charge < -0.3 is 20.1 Å². The van der Waals surface area contributed by atoms with Crippen LogP contribution in [-0.4, -0.2) is 37.5 Å². The molecule has 224 valence electrons. The van der Waals surface area contributed by atoms with Crippen molar-refractivity contribution in [3.63, 3.8) is 0 Å². The highest BCUT2D eigenvalue weighted by atomic mass is 16.6. The molecule has 0 spiro atoms. The van der Waals surface area contributed by atoms with Crippen LogP contribution >= 0.6 is 0 Å². The fourth-order valence-electron chi connectivity index (χ4n) is 4.15. The van der Waals surface area contributed by atoms with Gasteiger partial charge in [-0.15, -0.1) is 0 Å². The van der Waals surface area contributed by atoms with Crippen LogP contribution in [0.5, 0.6) is 11.5 Å². The molecule has 3 aromatic heterocycles. The Morgan fingerprint density at radius 2 is 1.61 bits per heavy atom. The summed E-state index contributed by atoms with van der Waals surface area (Å²) in [6.07, 6.45) is 2.46. The number of aromatic nitrogens is 4. The van der Waals surface area contributed by atoms with Crippen molar-refractivity contribution in [1.82, 2.24) is 19.9 Å². The zero-order chi connectivity index (χ0) is 31.3. The first-order valence-corrected chi connectivity index (χ1v) is 14.1. The summed E-state index contributed by atoms with van der Waals surface area (Å²) < 4.78 is 11.6. The van der Waals surface area contributed by atoms with E-state index in [1.165, 1.54) is 6.33 Å². The third-order valence-electron chi connectivity index (χ3n) is 6.23. The number of carbonyl (C=O) groups excluding carboxylic acids is 2. The van der Waals surface area contributed by atoms with Crippen molar-refractivity contribution in [3.8, 4) is 11.5 Å². The molecule has 0 aliphatic carbocycles. The van der Waals surface area contributed by atoms with Gasteiger partial charge in [0.2, 0.25) is 0 Å². The molecule has 2 aromatic carbocycles. The highest BCUT2D eigenvalue weighted by molar-refractivity contribution is 6.03. The Kier molecular flexibility index (Phi) is 8.66. The lowest BCUT2D eigenvalue weighted by Crippen LogP contribution is -2.27. The molecule has 0 saturated carbocycles. The number of nitrogens with one attached hydrogen (secondary N) is 3. The fraction of sp³-hybridized carbons (Fsp3) is 0.212. The zero-order valence-corrected chi connectivity index (χ0v) is 25.1. The van der Waals surface area contributed by atoms with Crippen LogP contribution in [0.25, 0.3) is 11.0 Å². The van der Waals surface area contributed by atoms with Crippen molar-refractivity contribution in [2.75, 3.05) is 16.0 Å². The van der Waals surface area contributed by atoms with E-state index in [2.05, 4.69) is 49.7 Å². The van der Waals surface area contributed by atoms with Crippen LogP contribution in [0.15, 0.2) is 85.3 Å². The second-order valence-corrected chi connectivity index (χ2v) is 11.2. The van der Waals surface area contributed by atoms with Crippen molar-refractivity contribution in [2.24, 2.45) is 0 Å². The molecule has 11 heteroatoms. The van der Waals surface area contributed by atoms with E-state index < -0.39 is 11.7 Å². The van der Waals surface area contributed by atoms with Crippen LogP contribution in [-0.2, 0) is 4.74 Å². The van der Waals surface area contributed by atoms with E-state index >= 15 is 0 Å². The molecule has 3 N–H and O–H groups in total. The molecule has 0 unspecified atom stereocenters. The summed E-state index contributed by atoms with van der Waals surface area (Å²) in [6.45, 7) is 9.54. The standard InChI is InChI=1S/C33H33N7O4/c1-20(2)25-15-14-24-29(39-25)35-19-36-30(24)40-27-18-22(37-31(41)26-8-6-7-17-34-26)11-16-28(27)43-23-12-9-21(10-13-23)38-32(42)44-33(3,4)5/h6-20H,1-5H3,(H,37,41)(H,38,42)(H,35,36,39,40). The van der Waals surface area contributed by atoms with Crippen molar-refractivity contribution in [3.05, 3.63) is 96.7 Å². The first-order valence-electron chi connectivity index (χ1n) is 14.1. The predicted octanol–water partition coefficient (Wildman–Crippen LogP) is 7.68. The largest absolute Gasteiger partial charge is 0.455 e. The molecular weight excluding hydrogens is 558 g/mol. The zero-order valence-electron chi connectivity index (χ0n) is 25.1. The van der Waals surface area contributed by atoms with E-state index in [0.717, 1.165) is 11.1 Å². The monoisotopic (exact) mass is 591 g/mol. The Balaban J connectivity index is 1.43. The Hall–Kier alpha value is -5.58. The topological polar surface area (TPSA) is 140 Å². The van der Waals surface area contributed by atoms with Gasteiger partial charge in [-0.05, 0) is 93.4 Å². The number of benzene rings is 2. The number of amides is 2. The van der Waals surface area contributed by atoms with E-state index in [-0.39, 0.29) is 17.5 Å². The molecule has 11 nitrogen and oxygen atoms in total. The van der Waals surface area contributed by atoms with Gasteiger partial charge in [0.1, 0.15) is 29.2 Å². The number of fused-ring (bicyclic) bond motifs is 1. The molecule has 0 bridgehead atoms. The molecular formula is C33H33N7O4. The van der Waals surface area contributed by atoms with E-state index in [1.54, 1.807) is 87.6 Å². The molecule has 0 aliphatic rings. The molecule has 5 aromatic rings. The maximum atomic E-state index is 12.8. The van der Waals surface area contributed by atoms with Gasteiger partial charge in [-0.25, -0.2) is 19.7 Å². The minimum Gasteiger partial charge on any atom is -0.455 e. The Labute approximate surface area is 255 Å². The molecule has 44 heavy (non-hydrogen) atoms. The van der Waals surface area contributed by atoms with Gasteiger partial charge in [-0.1, -0.05) is 19.9 Å². The van der Waals surface area contributed by atoms with E-state index in [4.69, 9.17) is 9.47 Å². The molecule has 5 rings (SSSR count). The lowest BCUT2D eigenvalue weighted by Gasteiger charge is -2.19. The minimum atomic E-state index is -0.610. The maximum Gasteiger partial charge on any atom is 0.412 e. The quantitative estimate of drug-likeness (QED) is 0.166. The molecule has 3 heterocycles. The van der Waals surface area contributed by atoms with E-state index in [0.29, 0.717) is 40.0 Å². The first-order chi connectivity index (χ1) is 21.0. The van der Waals surface area contributed by atoms with Gasteiger partial charge in [0.25, 0.3) is 5.91 Å². The first kappa shape index (κ1) is 29.9. The van der Waals surface area contributed by atoms with E-state index in [1.807, 2.05) is 12.1 Å². The number of hydrogen-bond donors (Lipinski definition) is 3. The van der Waals surface area contributed by atoms with Gasteiger partial charge in [-0.3, -0.25) is 15.1 Å². The number of carbonyl (C=O) groups is 2. The molecule has 2 amide bonds. The summed E-state index contributed by atoms with van der Waals surface area (Å²) in [5.41, 5.74) is 2.77. The molecule has 0 atom stereocenters. The lowest BCUT2D eigenvalue weighted by molar-refractivity contribution is 0.0635. The summed E-state index contributed by atoms with van der Waals surface area (Å²) in [6, 6.07) is 21.1. The number of pyridine rings is 2. The number of ether oxygens (including phenoxy) is 2. The number of hydrogen-bond acceptors (Lipinski definition) is 9. The van der Waals surface area contributed by atoms with Crippen LogP contribution < -0.4 is 20.7 Å². The van der Waals surface area contributed by atoms with Crippen LogP contribution in [0.3, 0.4) is 0 Å². The number of rotatable bonds is 8. The highest BCUT2D eigenvalue weighted by Gasteiger charge is 2.17. The van der Waals surface area contributed by atoms with Crippen LogP contribution in [0.4, 0.5) is 27.7 Å². The van der Waals surface area contributed by atoms with Crippen LogP contribution in [0.1, 0.15) is 56.7 Å². The SMILES string of the molecule is CC(C)c1ccc2c(Nc3cc(NC(=O)c4ccccn4)ccc3Oc3ccc(NC(=O)OC(C)(C)C)cc3)ncnc2n1. The van der Waals surface area contributed by atoms with Gasteiger partial charge in [0.15, 0.2) is 11.4 Å². The second-order valence-electron chi connectivity index (χ2n) is 11.2. The van der Waals surface area contributed by atoms with Gasteiger partial charge in [-0.2, -0.15) is 0 Å². The van der Waals surface area contributed by atoms with Crippen molar-refractivity contribution in [2.45, 2.75) is 46.1 Å². The van der Waals surface area contributed by atoms with Crippen LogP contribution in [0.2, 0.25) is 0 Å². The third kappa shape index (κ3) is 7.62. The summed E-state index contributed by atoms with van der Waals surface area (Å²) in [7, 11) is 0. The van der Waals surface area contributed by atoms with E-state index in [9.17, 15) is 9.59 Å². The Morgan fingerprint density at radius 1 is 0.841 bits per heavy atom. The summed E-state index contributed by atoms with van der Waals surface area (Å²) in [5, 5.41) is 9.65. The van der Waals surface area contributed by atoms with Crippen molar-refractivity contribution in [1.29, 1.82) is 0 Å². The average Bonchev–Trinajstić information content (AvgIpc) is 2.98. The normalized spacial score (nSPS) is 11.2. The van der Waals surface area contributed by atoms with Gasteiger partial charge in [0, 0.05) is 23.3 Å². The predicted molar refractivity (Wildman–Crippen MR) is 170 cm³/mol. The molecule has 0 saturated heterocycles. The summed E-state index contributed by atoms with van der Waals surface area (Å²) >= 11 is 0. The van der Waals surface area contributed by atoms with Gasteiger partial charge in [0.05, 0.1) is 11.1 Å². The smallest absolute Gasteiger partial charge is 0.412 e. The van der Waals surface area contributed by atoms with Crippen molar-refractivity contribution < 1.29 is 19.1 Å². The van der Waals surface area contributed by atoms with Crippen LogP contribution in [0, 0.1) is 0 Å². The summed E-state index contributed by atoms with van der Waals surface area (Å²) in [4.78, 5) is 42.6. The third-order valence-corrected chi connectivity index (χ3v) is 6.23. The minimum absolute atomic E-state index is 0.246. The fourth-order valence-corrected chi connectivity index (χ4v) is 4.15. The maximum absolute atomic E-state index is 12.8. The number of nitrogens with zero attached hydrogens (tertiary/aromatic N) is 4. The van der Waals surface area contributed by atoms with Crippen molar-refractivity contribution >= 4 is 45.9 Å². The lowest BCUT2D eigenvalue weighted by atomic mass is 10.1. The average molecular weight is 592 g/mol. The van der Waals surface area contributed by atoms with Gasteiger partial charge >= 0.3 is 6.09 Å². The molecule has 0 aliphatic heterocycles. The Bertz CT molecular complexity index is 1790. The molecule has 0 fully saturated rings. The summed E-state index contributed by atoms with van der Waals surface area (Å²) in [5.74, 6) is 1.40.